The van der Waals surface area contributed by atoms with Crippen LogP contribution in [0, 0.1) is 0 Å². The van der Waals surface area contributed by atoms with E-state index in [-0.39, 0.29) is 36.1 Å². The number of ether oxygens (including phenoxy) is 1. The number of halogens is 1. The third kappa shape index (κ3) is 3.84. The van der Waals surface area contributed by atoms with Crippen LogP contribution in [0.3, 0.4) is 0 Å². The molecule has 2 unspecified atom stereocenters. The standard InChI is InChI=1S/C24H28ClN3O4/c1-15(29)32-20(13-26-7-9-27(10-8-26)19-4-2-3-18(25)12-19)14-28-23(30)21-16-5-6-17(11-16)22(21)24(28)31/h2-6,12,16-17,20,30-31H,7-11,13-14H2,1H3/t16-,17?,20?/m0/s1. The van der Waals surface area contributed by atoms with Crippen LogP contribution in [-0.2, 0) is 16.1 Å². The first-order valence-electron chi connectivity index (χ1n) is 11.1. The van der Waals surface area contributed by atoms with Crippen LogP contribution in [0.1, 0.15) is 36.3 Å². The van der Waals surface area contributed by atoms with Crippen molar-refractivity contribution >= 4 is 23.3 Å². The van der Waals surface area contributed by atoms with Crippen molar-refractivity contribution in [2.24, 2.45) is 0 Å². The van der Waals surface area contributed by atoms with Gasteiger partial charge in [0.1, 0.15) is 6.10 Å². The molecule has 0 spiro atoms. The highest BCUT2D eigenvalue weighted by atomic mass is 35.5. The summed E-state index contributed by atoms with van der Waals surface area (Å²) in [6.07, 6.45) is 4.63. The Hall–Kier alpha value is -2.64. The molecule has 3 atom stereocenters. The highest BCUT2D eigenvalue weighted by Gasteiger charge is 2.41. The Kier molecular flexibility index (Phi) is 5.55. The molecule has 32 heavy (non-hydrogen) atoms. The van der Waals surface area contributed by atoms with Crippen molar-refractivity contribution in [1.29, 1.82) is 0 Å². The Morgan fingerprint density at radius 3 is 2.34 bits per heavy atom. The van der Waals surface area contributed by atoms with Crippen LogP contribution in [0.2, 0.25) is 5.02 Å². The number of carbonyl (C=O) groups is 1. The van der Waals surface area contributed by atoms with Crippen LogP contribution in [0.15, 0.2) is 36.4 Å². The fraction of sp³-hybridized carbons (Fsp3) is 0.458. The first kappa shape index (κ1) is 21.2. The Bertz CT molecular complexity index is 1020. The van der Waals surface area contributed by atoms with E-state index in [1.807, 2.05) is 18.2 Å². The molecule has 2 N–H and O–H groups in total. The maximum Gasteiger partial charge on any atom is 0.303 e. The first-order chi connectivity index (χ1) is 15.4. The number of benzene rings is 1. The molecular weight excluding hydrogens is 430 g/mol. The largest absolute Gasteiger partial charge is 0.494 e. The summed E-state index contributed by atoms with van der Waals surface area (Å²) in [5, 5.41) is 22.4. The summed E-state index contributed by atoms with van der Waals surface area (Å²) in [5.74, 6) is 0.144. The molecule has 1 aliphatic heterocycles. The molecule has 0 saturated carbocycles. The fourth-order valence-corrected chi connectivity index (χ4v) is 5.57. The van der Waals surface area contributed by atoms with Gasteiger partial charge in [0.25, 0.3) is 0 Å². The number of piperazine rings is 1. The Morgan fingerprint density at radius 1 is 1.09 bits per heavy atom. The zero-order valence-electron chi connectivity index (χ0n) is 18.1. The van der Waals surface area contributed by atoms with E-state index in [2.05, 4.69) is 28.0 Å². The third-order valence-electron chi connectivity index (χ3n) is 6.83. The molecule has 2 aliphatic carbocycles. The quantitative estimate of drug-likeness (QED) is 0.511. The minimum Gasteiger partial charge on any atom is -0.494 e. The van der Waals surface area contributed by atoms with Gasteiger partial charge in [-0.05, 0) is 24.6 Å². The molecule has 3 aliphatic rings. The van der Waals surface area contributed by atoms with Gasteiger partial charge in [-0.1, -0.05) is 29.8 Å². The Balaban J connectivity index is 1.26. The van der Waals surface area contributed by atoms with Gasteiger partial charge in [0.15, 0.2) is 11.8 Å². The maximum absolute atomic E-state index is 11.8. The van der Waals surface area contributed by atoms with E-state index >= 15 is 0 Å². The zero-order chi connectivity index (χ0) is 22.4. The summed E-state index contributed by atoms with van der Waals surface area (Å²) in [5.41, 5.74) is 2.76. The lowest BCUT2D eigenvalue weighted by molar-refractivity contribution is -0.148. The summed E-state index contributed by atoms with van der Waals surface area (Å²) >= 11 is 6.13. The minimum atomic E-state index is -0.472. The van der Waals surface area contributed by atoms with E-state index in [0.29, 0.717) is 6.54 Å². The topological polar surface area (TPSA) is 78.2 Å². The van der Waals surface area contributed by atoms with Crippen molar-refractivity contribution in [3.63, 3.8) is 0 Å². The lowest BCUT2D eigenvalue weighted by atomic mass is 10.0. The molecule has 1 fully saturated rings. The number of anilines is 1. The van der Waals surface area contributed by atoms with Crippen LogP contribution in [0.25, 0.3) is 0 Å². The van der Waals surface area contributed by atoms with Gasteiger partial charge in [-0.3, -0.25) is 14.3 Å². The van der Waals surface area contributed by atoms with Gasteiger partial charge < -0.3 is 19.8 Å². The molecule has 0 amide bonds. The second-order valence-corrected chi connectivity index (χ2v) is 9.35. The van der Waals surface area contributed by atoms with E-state index in [0.717, 1.165) is 54.4 Å². The minimum absolute atomic E-state index is 0.0947. The number of hydrogen-bond acceptors (Lipinski definition) is 6. The molecule has 8 heteroatoms. The summed E-state index contributed by atoms with van der Waals surface area (Å²) in [6.45, 7) is 5.47. The van der Waals surface area contributed by atoms with Crippen LogP contribution < -0.4 is 4.90 Å². The molecular formula is C24H28ClN3O4. The highest BCUT2D eigenvalue weighted by Crippen LogP contribution is 2.56. The Labute approximate surface area is 192 Å². The number of esters is 1. The lowest BCUT2D eigenvalue weighted by Crippen LogP contribution is -2.49. The van der Waals surface area contributed by atoms with E-state index in [4.69, 9.17) is 16.3 Å². The second-order valence-electron chi connectivity index (χ2n) is 8.92. The van der Waals surface area contributed by atoms with Crippen molar-refractivity contribution in [1.82, 2.24) is 9.47 Å². The molecule has 5 rings (SSSR count). The van der Waals surface area contributed by atoms with Gasteiger partial charge in [0, 0.05) is 73.3 Å². The van der Waals surface area contributed by atoms with Gasteiger partial charge in [0.2, 0.25) is 0 Å². The van der Waals surface area contributed by atoms with Gasteiger partial charge in [-0.2, -0.15) is 0 Å². The lowest BCUT2D eigenvalue weighted by Gasteiger charge is -2.37. The van der Waals surface area contributed by atoms with Gasteiger partial charge in [0.05, 0.1) is 6.54 Å². The summed E-state index contributed by atoms with van der Waals surface area (Å²) in [4.78, 5) is 16.3. The van der Waals surface area contributed by atoms with Gasteiger partial charge in [-0.25, -0.2) is 0 Å². The summed E-state index contributed by atoms with van der Waals surface area (Å²) in [6, 6.07) is 7.85. The van der Waals surface area contributed by atoms with E-state index in [1.54, 1.807) is 0 Å². The summed E-state index contributed by atoms with van der Waals surface area (Å²) in [7, 11) is 0. The number of carbonyl (C=O) groups excluding carboxylic acids is 1. The molecule has 170 valence electrons. The molecule has 2 aromatic rings. The first-order valence-corrected chi connectivity index (χ1v) is 11.5. The monoisotopic (exact) mass is 457 g/mol. The molecule has 7 nitrogen and oxygen atoms in total. The molecule has 1 saturated heterocycles. The number of hydrogen-bond donors (Lipinski definition) is 2. The van der Waals surface area contributed by atoms with Crippen molar-refractivity contribution in [3.05, 3.63) is 52.6 Å². The number of rotatable bonds is 6. The second kappa shape index (κ2) is 8.37. The SMILES string of the molecule is CC(=O)OC(CN1CCN(c2cccc(Cl)c2)CC1)Cn1c(O)c2c(c1O)[C@H]1C=CC2C1. The average molecular weight is 458 g/mol. The van der Waals surface area contributed by atoms with Crippen LogP contribution in [-0.4, -0.2) is 64.5 Å². The number of fused-ring (bicyclic) bond motifs is 5. The molecule has 1 aromatic heterocycles. The number of aromatic hydroxyl groups is 2. The van der Waals surface area contributed by atoms with Crippen LogP contribution >= 0.6 is 11.6 Å². The average Bonchev–Trinajstić information content (AvgIpc) is 3.44. The number of aromatic nitrogens is 1. The van der Waals surface area contributed by atoms with Crippen molar-refractivity contribution < 1.29 is 19.7 Å². The third-order valence-corrected chi connectivity index (χ3v) is 7.07. The van der Waals surface area contributed by atoms with E-state index < -0.39 is 6.10 Å². The smallest absolute Gasteiger partial charge is 0.303 e. The summed E-state index contributed by atoms with van der Waals surface area (Å²) < 4.78 is 7.10. The van der Waals surface area contributed by atoms with E-state index in [1.165, 1.54) is 11.5 Å². The molecule has 0 radical (unpaired) electrons. The van der Waals surface area contributed by atoms with Gasteiger partial charge in [-0.15, -0.1) is 0 Å². The van der Waals surface area contributed by atoms with E-state index in [9.17, 15) is 15.0 Å². The van der Waals surface area contributed by atoms with Crippen molar-refractivity contribution in [2.45, 2.75) is 37.8 Å². The van der Waals surface area contributed by atoms with Crippen LogP contribution in [0.4, 0.5) is 5.69 Å². The number of allylic oxidation sites excluding steroid dienone is 2. The normalized spacial score (nSPS) is 22.9. The zero-order valence-corrected chi connectivity index (χ0v) is 18.8. The van der Waals surface area contributed by atoms with Crippen LogP contribution in [0.5, 0.6) is 11.8 Å². The maximum atomic E-state index is 11.8. The number of nitrogens with zero attached hydrogens (tertiary/aromatic N) is 3. The predicted octanol–water partition coefficient (Wildman–Crippen LogP) is 3.45. The van der Waals surface area contributed by atoms with Crippen molar-refractivity contribution in [2.75, 3.05) is 37.6 Å². The van der Waals surface area contributed by atoms with Gasteiger partial charge >= 0.3 is 5.97 Å². The highest BCUT2D eigenvalue weighted by molar-refractivity contribution is 6.30. The van der Waals surface area contributed by atoms with Crippen molar-refractivity contribution in [3.8, 4) is 11.8 Å². The Morgan fingerprint density at radius 2 is 1.75 bits per heavy atom. The predicted molar refractivity (Wildman–Crippen MR) is 123 cm³/mol. The molecule has 2 heterocycles. The fourth-order valence-electron chi connectivity index (χ4n) is 5.38. The molecule has 2 bridgehead atoms. The molecule has 1 aromatic carbocycles.